The molecular weight excluding hydrogens is 308 g/mol. The first-order valence-corrected chi connectivity index (χ1v) is 6.91. The van der Waals surface area contributed by atoms with Gasteiger partial charge in [0, 0.05) is 5.56 Å². The van der Waals surface area contributed by atoms with Gasteiger partial charge in [-0.2, -0.15) is 13.4 Å². The fourth-order valence-electron chi connectivity index (χ4n) is 1.29. The van der Waals surface area contributed by atoms with Crippen LogP contribution in [0, 0.1) is 0 Å². The molecule has 0 saturated heterocycles. The maximum atomic E-state index is 11.8. The average Bonchev–Trinajstić information content (AvgIpc) is 2.38. The third kappa shape index (κ3) is 3.47. The van der Waals surface area contributed by atoms with E-state index < -0.39 is 16.0 Å². The van der Waals surface area contributed by atoms with Gasteiger partial charge in [0.25, 0.3) is 16.0 Å². The highest BCUT2D eigenvalue weighted by atomic mass is 35.5. The van der Waals surface area contributed by atoms with Gasteiger partial charge < -0.3 is 0 Å². The molecule has 20 heavy (non-hydrogen) atoms. The number of benzene rings is 1. The Morgan fingerprint density at radius 2 is 1.85 bits per heavy atom. The van der Waals surface area contributed by atoms with Crippen molar-refractivity contribution in [3.63, 3.8) is 0 Å². The zero-order valence-electron chi connectivity index (χ0n) is 9.69. The number of aromatic nitrogens is 3. The number of rotatable bonds is 3. The topological polar surface area (TPSA) is 122 Å². The van der Waals surface area contributed by atoms with Crippen molar-refractivity contribution in [2.75, 3.05) is 5.32 Å². The van der Waals surface area contributed by atoms with Crippen molar-refractivity contribution in [1.82, 2.24) is 15.0 Å². The molecule has 0 saturated carbocycles. The summed E-state index contributed by atoms with van der Waals surface area (Å²) in [5.41, 5.74) is 0.161. The Morgan fingerprint density at radius 1 is 1.20 bits per heavy atom. The molecule has 0 radical (unpaired) electrons. The van der Waals surface area contributed by atoms with E-state index in [0.29, 0.717) is 0 Å². The molecular formula is C10H7ClN4O4S. The lowest BCUT2D eigenvalue weighted by atomic mass is 10.2. The van der Waals surface area contributed by atoms with Crippen molar-refractivity contribution in [3.8, 4) is 0 Å². The number of hydrogen-bond donors (Lipinski definition) is 2. The predicted molar refractivity (Wildman–Crippen MR) is 69.0 cm³/mol. The highest BCUT2D eigenvalue weighted by Gasteiger charge is 2.12. The Morgan fingerprint density at radius 3 is 2.40 bits per heavy atom. The minimum Gasteiger partial charge on any atom is -0.290 e. The van der Waals surface area contributed by atoms with Crippen LogP contribution in [0.3, 0.4) is 0 Å². The van der Waals surface area contributed by atoms with E-state index in [1.807, 2.05) is 0 Å². The van der Waals surface area contributed by atoms with Gasteiger partial charge in [0.15, 0.2) is 0 Å². The van der Waals surface area contributed by atoms with Crippen molar-refractivity contribution in [2.45, 2.75) is 4.90 Å². The Labute approximate surface area is 118 Å². The quantitative estimate of drug-likeness (QED) is 0.811. The SMILES string of the molecule is O=C(Nc1ncnc(Cl)n1)c1ccc(S(=O)(=O)O)cc1. The van der Waals surface area contributed by atoms with E-state index in [1.165, 1.54) is 12.1 Å². The number of anilines is 1. The first kappa shape index (κ1) is 14.3. The standard InChI is InChI=1S/C10H7ClN4O4S/c11-9-12-5-13-10(15-9)14-8(16)6-1-3-7(4-2-6)20(17,18)19/h1-5H,(H,17,18,19)(H,12,13,14,15,16). The molecule has 0 bridgehead atoms. The molecule has 1 aromatic heterocycles. The van der Waals surface area contributed by atoms with Gasteiger partial charge in [0.05, 0.1) is 4.90 Å². The molecule has 0 aliphatic heterocycles. The van der Waals surface area contributed by atoms with Gasteiger partial charge in [-0.15, -0.1) is 0 Å². The first-order valence-electron chi connectivity index (χ1n) is 5.10. The summed E-state index contributed by atoms with van der Waals surface area (Å²) in [5, 5.41) is 2.29. The van der Waals surface area contributed by atoms with Crippen LogP contribution in [-0.4, -0.2) is 33.8 Å². The maximum absolute atomic E-state index is 11.8. The first-order chi connectivity index (χ1) is 9.36. The zero-order valence-corrected chi connectivity index (χ0v) is 11.3. The van der Waals surface area contributed by atoms with E-state index in [0.717, 1.165) is 18.5 Å². The van der Waals surface area contributed by atoms with E-state index in [2.05, 4.69) is 20.3 Å². The molecule has 2 aromatic rings. The Balaban J connectivity index is 2.18. The van der Waals surface area contributed by atoms with Gasteiger partial charge in [-0.25, -0.2) is 9.97 Å². The van der Waals surface area contributed by atoms with Gasteiger partial charge in [0.2, 0.25) is 11.2 Å². The normalized spacial score (nSPS) is 11.1. The molecule has 0 atom stereocenters. The van der Waals surface area contributed by atoms with Gasteiger partial charge in [-0.3, -0.25) is 14.7 Å². The highest BCUT2D eigenvalue weighted by molar-refractivity contribution is 7.85. The fraction of sp³-hybridized carbons (Fsp3) is 0. The number of halogens is 1. The summed E-state index contributed by atoms with van der Waals surface area (Å²) in [6, 6.07) is 4.68. The smallest absolute Gasteiger partial charge is 0.290 e. The number of nitrogens with zero attached hydrogens (tertiary/aromatic N) is 3. The van der Waals surface area contributed by atoms with E-state index in [-0.39, 0.29) is 21.7 Å². The van der Waals surface area contributed by atoms with Crippen molar-refractivity contribution < 1.29 is 17.8 Å². The summed E-state index contributed by atoms with van der Waals surface area (Å²) in [6.45, 7) is 0. The number of carbonyl (C=O) groups is 1. The second-order valence-electron chi connectivity index (χ2n) is 3.53. The van der Waals surface area contributed by atoms with Crippen LogP contribution in [-0.2, 0) is 10.1 Å². The predicted octanol–water partition coefficient (Wildman–Crippen LogP) is 1.02. The van der Waals surface area contributed by atoms with E-state index >= 15 is 0 Å². The third-order valence-corrected chi connectivity index (χ3v) is 3.23. The molecule has 2 N–H and O–H groups in total. The monoisotopic (exact) mass is 314 g/mol. The lowest BCUT2D eigenvalue weighted by Gasteiger charge is -2.04. The number of amides is 1. The molecule has 1 amide bonds. The summed E-state index contributed by atoms with van der Waals surface area (Å²) in [6.07, 6.45) is 1.13. The molecule has 1 heterocycles. The molecule has 0 fully saturated rings. The second-order valence-corrected chi connectivity index (χ2v) is 5.29. The van der Waals surface area contributed by atoms with Crippen LogP contribution in [0.5, 0.6) is 0 Å². The Bertz CT molecular complexity index is 748. The summed E-state index contributed by atoms with van der Waals surface area (Å²) < 4.78 is 30.5. The Hall–Kier alpha value is -2.10. The van der Waals surface area contributed by atoms with Gasteiger partial charge in [0.1, 0.15) is 6.33 Å². The van der Waals surface area contributed by atoms with Crippen molar-refractivity contribution >= 4 is 33.6 Å². The molecule has 0 aliphatic rings. The maximum Gasteiger partial charge on any atom is 0.294 e. The fourth-order valence-corrected chi connectivity index (χ4v) is 1.89. The molecule has 2 rings (SSSR count). The minimum absolute atomic E-state index is 0.0335. The molecule has 104 valence electrons. The number of carbonyl (C=O) groups excluding carboxylic acids is 1. The van der Waals surface area contributed by atoms with E-state index in [4.69, 9.17) is 16.2 Å². The Kier molecular flexibility index (Phi) is 3.93. The lowest BCUT2D eigenvalue weighted by Crippen LogP contribution is -2.14. The van der Waals surface area contributed by atoms with E-state index in [9.17, 15) is 13.2 Å². The van der Waals surface area contributed by atoms with Crippen molar-refractivity contribution in [1.29, 1.82) is 0 Å². The van der Waals surface area contributed by atoms with Crippen LogP contribution in [0.2, 0.25) is 5.28 Å². The summed E-state index contributed by atoms with van der Waals surface area (Å²) in [4.78, 5) is 22.4. The summed E-state index contributed by atoms with van der Waals surface area (Å²) in [7, 11) is -4.29. The van der Waals surface area contributed by atoms with Crippen LogP contribution in [0.4, 0.5) is 5.95 Å². The van der Waals surface area contributed by atoms with Gasteiger partial charge in [-0.05, 0) is 35.9 Å². The zero-order chi connectivity index (χ0) is 14.8. The van der Waals surface area contributed by atoms with Crippen molar-refractivity contribution in [2.24, 2.45) is 0 Å². The van der Waals surface area contributed by atoms with Crippen LogP contribution in [0.1, 0.15) is 10.4 Å². The molecule has 10 heteroatoms. The summed E-state index contributed by atoms with van der Waals surface area (Å²) in [5.74, 6) is -0.594. The second kappa shape index (κ2) is 5.49. The minimum atomic E-state index is -4.29. The molecule has 8 nitrogen and oxygen atoms in total. The highest BCUT2D eigenvalue weighted by Crippen LogP contribution is 2.11. The number of hydrogen-bond acceptors (Lipinski definition) is 6. The van der Waals surface area contributed by atoms with Gasteiger partial charge in [-0.1, -0.05) is 0 Å². The van der Waals surface area contributed by atoms with Crippen LogP contribution < -0.4 is 5.32 Å². The molecule has 1 aromatic carbocycles. The third-order valence-electron chi connectivity index (χ3n) is 2.18. The lowest BCUT2D eigenvalue weighted by molar-refractivity contribution is 0.102. The van der Waals surface area contributed by atoms with Crippen molar-refractivity contribution in [3.05, 3.63) is 41.4 Å². The number of nitrogens with one attached hydrogen (secondary N) is 1. The van der Waals surface area contributed by atoms with Crippen LogP contribution >= 0.6 is 11.6 Å². The van der Waals surface area contributed by atoms with E-state index in [1.54, 1.807) is 0 Å². The van der Waals surface area contributed by atoms with Gasteiger partial charge >= 0.3 is 0 Å². The molecule has 0 unspecified atom stereocenters. The van der Waals surface area contributed by atoms with Crippen LogP contribution in [0.25, 0.3) is 0 Å². The largest absolute Gasteiger partial charge is 0.294 e. The molecule has 0 spiro atoms. The van der Waals surface area contributed by atoms with Crippen LogP contribution in [0.15, 0.2) is 35.5 Å². The molecule has 0 aliphatic carbocycles. The average molecular weight is 315 g/mol. The summed E-state index contributed by atoms with van der Waals surface area (Å²) >= 11 is 5.54.